The molecule has 0 saturated carbocycles. The zero-order chi connectivity index (χ0) is 13.0. The molecule has 0 aliphatic carbocycles. The molecular weight excluding hydrogens is 238 g/mol. The molecule has 18 heavy (non-hydrogen) atoms. The molecule has 2 N–H and O–H groups in total. The van der Waals surface area contributed by atoms with Gasteiger partial charge in [0.15, 0.2) is 0 Å². The van der Waals surface area contributed by atoms with E-state index in [2.05, 4.69) is 55.5 Å². The third kappa shape index (κ3) is 3.15. The molecule has 2 aromatic carbocycles. The van der Waals surface area contributed by atoms with Gasteiger partial charge < -0.3 is 5.73 Å². The van der Waals surface area contributed by atoms with E-state index in [0.717, 1.165) is 5.75 Å². The number of benzene rings is 2. The van der Waals surface area contributed by atoms with Crippen LogP contribution in [0.4, 0.5) is 0 Å². The molecule has 0 amide bonds. The standard InChI is InChI=1S/C16H19NS/c1-12-7-3-4-8-14(12)11-18-16-10-6-5-9-15(16)13(2)17/h3-10,13H,11,17H2,1-2H3/t13-/m1/s1. The van der Waals surface area contributed by atoms with Crippen LogP contribution in [0.25, 0.3) is 0 Å². The van der Waals surface area contributed by atoms with Crippen molar-refractivity contribution in [1.29, 1.82) is 0 Å². The van der Waals surface area contributed by atoms with Gasteiger partial charge in [0.25, 0.3) is 0 Å². The predicted molar refractivity (Wildman–Crippen MR) is 79.8 cm³/mol. The summed E-state index contributed by atoms with van der Waals surface area (Å²) in [6.45, 7) is 4.19. The summed E-state index contributed by atoms with van der Waals surface area (Å²) in [6.07, 6.45) is 0. The van der Waals surface area contributed by atoms with E-state index in [0.29, 0.717) is 0 Å². The van der Waals surface area contributed by atoms with Crippen LogP contribution in [0.1, 0.15) is 29.7 Å². The van der Waals surface area contributed by atoms with E-state index in [9.17, 15) is 0 Å². The molecule has 0 saturated heterocycles. The molecule has 0 radical (unpaired) electrons. The minimum atomic E-state index is 0.0885. The zero-order valence-electron chi connectivity index (χ0n) is 10.9. The van der Waals surface area contributed by atoms with E-state index in [4.69, 9.17) is 5.73 Å². The fraction of sp³-hybridized carbons (Fsp3) is 0.250. The molecule has 1 nitrogen and oxygen atoms in total. The van der Waals surface area contributed by atoms with Gasteiger partial charge in [0.05, 0.1) is 0 Å². The summed E-state index contributed by atoms with van der Waals surface area (Å²) in [5.74, 6) is 0.996. The second-order valence-corrected chi connectivity index (χ2v) is 5.56. The maximum Gasteiger partial charge on any atom is 0.0277 e. The first kappa shape index (κ1) is 13.2. The van der Waals surface area contributed by atoms with Gasteiger partial charge >= 0.3 is 0 Å². The fourth-order valence-electron chi connectivity index (χ4n) is 1.92. The Hall–Kier alpha value is -1.25. The average molecular weight is 257 g/mol. The molecule has 0 unspecified atom stereocenters. The lowest BCUT2D eigenvalue weighted by Crippen LogP contribution is -2.06. The first-order valence-electron chi connectivity index (χ1n) is 6.20. The normalized spacial score (nSPS) is 12.4. The second-order valence-electron chi connectivity index (χ2n) is 4.54. The molecule has 1 atom stereocenters. The van der Waals surface area contributed by atoms with Crippen LogP contribution >= 0.6 is 11.8 Å². The number of nitrogens with two attached hydrogens (primary N) is 1. The third-order valence-electron chi connectivity index (χ3n) is 3.05. The van der Waals surface area contributed by atoms with Crippen molar-refractivity contribution in [3.8, 4) is 0 Å². The molecule has 2 heteroatoms. The van der Waals surface area contributed by atoms with Gasteiger partial charge in [-0.05, 0) is 36.6 Å². The molecule has 94 valence electrons. The van der Waals surface area contributed by atoms with Crippen LogP contribution in [-0.2, 0) is 5.75 Å². The van der Waals surface area contributed by atoms with E-state index in [1.54, 1.807) is 0 Å². The highest BCUT2D eigenvalue weighted by Gasteiger charge is 2.07. The molecule has 0 bridgehead atoms. The Morgan fingerprint density at radius 2 is 1.72 bits per heavy atom. The van der Waals surface area contributed by atoms with Crippen LogP contribution in [0.5, 0.6) is 0 Å². The topological polar surface area (TPSA) is 26.0 Å². The number of aryl methyl sites for hydroxylation is 1. The van der Waals surface area contributed by atoms with E-state index in [1.807, 2.05) is 18.7 Å². The predicted octanol–water partition coefficient (Wildman–Crippen LogP) is 4.31. The SMILES string of the molecule is Cc1ccccc1CSc1ccccc1[C@@H](C)N. The minimum Gasteiger partial charge on any atom is -0.324 e. The van der Waals surface area contributed by atoms with Gasteiger partial charge in [-0.25, -0.2) is 0 Å². The second kappa shape index (κ2) is 6.07. The molecular formula is C16H19NS. The van der Waals surface area contributed by atoms with Crippen LogP contribution < -0.4 is 5.73 Å². The fourth-order valence-corrected chi connectivity index (χ4v) is 3.15. The molecule has 0 aromatic heterocycles. The Morgan fingerprint density at radius 3 is 2.44 bits per heavy atom. The summed E-state index contributed by atoms with van der Waals surface area (Å²) in [4.78, 5) is 1.29. The van der Waals surface area contributed by atoms with Crippen molar-refractivity contribution < 1.29 is 0 Å². The quantitative estimate of drug-likeness (QED) is 0.826. The Balaban J connectivity index is 2.14. The molecule has 0 aliphatic rings. The zero-order valence-corrected chi connectivity index (χ0v) is 11.7. The van der Waals surface area contributed by atoms with E-state index >= 15 is 0 Å². The first-order chi connectivity index (χ1) is 8.68. The third-order valence-corrected chi connectivity index (χ3v) is 4.19. The van der Waals surface area contributed by atoms with Gasteiger partial charge in [0, 0.05) is 16.7 Å². The molecule has 0 fully saturated rings. The molecule has 0 aliphatic heterocycles. The Kier molecular flexibility index (Phi) is 4.45. The van der Waals surface area contributed by atoms with Gasteiger partial charge in [0.1, 0.15) is 0 Å². The van der Waals surface area contributed by atoms with Crippen molar-refractivity contribution in [2.24, 2.45) is 5.73 Å². The minimum absolute atomic E-state index is 0.0885. The van der Waals surface area contributed by atoms with Crippen LogP contribution in [0, 0.1) is 6.92 Å². The summed E-state index contributed by atoms with van der Waals surface area (Å²) in [5.41, 5.74) is 9.97. The lowest BCUT2D eigenvalue weighted by atomic mass is 10.1. The van der Waals surface area contributed by atoms with Gasteiger partial charge in [-0.1, -0.05) is 42.5 Å². The van der Waals surface area contributed by atoms with Crippen molar-refractivity contribution in [3.63, 3.8) is 0 Å². The van der Waals surface area contributed by atoms with Gasteiger partial charge in [-0.3, -0.25) is 0 Å². The molecule has 2 aromatic rings. The lowest BCUT2D eigenvalue weighted by Gasteiger charge is -2.12. The molecule has 0 spiro atoms. The highest BCUT2D eigenvalue weighted by atomic mass is 32.2. The van der Waals surface area contributed by atoms with Crippen LogP contribution in [0.3, 0.4) is 0 Å². The monoisotopic (exact) mass is 257 g/mol. The van der Waals surface area contributed by atoms with Crippen LogP contribution in [0.15, 0.2) is 53.4 Å². The summed E-state index contributed by atoms with van der Waals surface area (Å²) in [5, 5.41) is 0. The Bertz CT molecular complexity index is 520. The molecule has 2 rings (SSSR count). The van der Waals surface area contributed by atoms with Crippen molar-refractivity contribution in [2.45, 2.75) is 30.5 Å². The number of hydrogen-bond donors (Lipinski definition) is 1. The summed E-state index contributed by atoms with van der Waals surface area (Å²) < 4.78 is 0. The van der Waals surface area contributed by atoms with Gasteiger partial charge in [0.2, 0.25) is 0 Å². The maximum absolute atomic E-state index is 6.00. The van der Waals surface area contributed by atoms with Crippen molar-refractivity contribution >= 4 is 11.8 Å². The summed E-state index contributed by atoms with van der Waals surface area (Å²) >= 11 is 1.86. The van der Waals surface area contributed by atoms with E-state index in [-0.39, 0.29) is 6.04 Å². The van der Waals surface area contributed by atoms with Crippen molar-refractivity contribution in [3.05, 3.63) is 65.2 Å². The highest BCUT2D eigenvalue weighted by Crippen LogP contribution is 2.29. The number of hydrogen-bond acceptors (Lipinski definition) is 2. The summed E-state index contributed by atoms with van der Waals surface area (Å²) in [6, 6.07) is 17.0. The van der Waals surface area contributed by atoms with Gasteiger partial charge in [-0.15, -0.1) is 11.8 Å². The van der Waals surface area contributed by atoms with Crippen molar-refractivity contribution in [2.75, 3.05) is 0 Å². The van der Waals surface area contributed by atoms with E-state index < -0.39 is 0 Å². The van der Waals surface area contributed by atoms with E-state index in [1.165, 1.54) is 21.6 Å². The smallest absolute Gasteiger partial charge is 0.0277 e. The maximum atomic E-state index is 6.00. The average Bonchev–Trinajstić information content (AvgIpc) is 2.38. The number of thioether (sulfide) groups is 1. The van der Waals surface area contributed by atoms with Gasteiger partial charge in [-0.2, -0.15) is 0 Å². The van der Waals surface area contributed by atoms with Crippen LogP contribution in [0.2, 0.25) is 0 Å². The first-order valence-corrected chi connectivity index (χ1v) is 7.19. The Morgan fingerprint density at radius 1 is 1.06 bits per heavy atom. The molecule has 0 heterocycles. The lowest BCUT2D eigenvalue weighted by molar-refractivity contribution is 0.797. The largest absolute Gasteiger partial charge is 0.324 e. The summed E-state index contributed by atoms with van der Waals surface area (Å²) in [7, 11) is 0. The van der Waals surface area contributed by atoms with Crippen molar-refractivity contribution in [1.82, 2.24) is 0 Å². The Labute approximate surface area is 113 Å². The number of rotatable bonds is 4. The highest BCUT2D eigenvalue weighted by molar-refractivity contribution is 7.98. The van der Waals surface area contributed by atoms with Crippen LogP contribution in [-0.4, -0.2) is 0 Å².